The van der Waals surface area contributed by atoms with Crippen molar-refractivity contribution in [1.29, 1.82) is 0 Å². The summed E-state index contributed by atoms with van der Waals surface area (Å²) in [6.45, 7) is 0. The normalized spacial score (nSPS) is 12.9. The van der Waals surface area contributed by atoms with Gasteiger partial charge in [0.2, 0.25) is 0 Å². The number of hydrogen-bond donors (Lipinski definition) is 0. The number of thiophene rings is 1. The van der Waals surface area contributed by atoms with Crippen LogP contribution in [0, 0.1) is 0 Å². The molecule has 3 heterocycles. The zero-order valence-electron chi connectivity index (χ0n) is 40.3. The third-order valence-corrected chi connectivity index (χ3v) is 16.9. The molecule has 11 aromatic carbocycles. The Morgan fingerprint density at radius 3 is 1.49 bits per heavy atom. The lowest BCUT2D eigenvalue weighted by atomic mass is 9.70. The van der Waals surface area contributed by atoms with Crippen LogP contribution >= 0.6 is 11.3 Å². The standard InChI is InChI=1S/C70H41N3OS/c1-2-13-42(14-3-1)43-29-31-46(32-30-43)67-71-68(49-33-36-54-53-18-7-11-24-64(53)75-65(54)41-49)73-69(72-67)55-19-12-23-63-66(55)57-40-48(35-38-62(57)74-63)45-27-25-44(26-28-45)47-34-37-61-56(39-47)52-17-6-10-22-60(52)70(61)58-20-8-4-15-50(58)51-16-5-9-21-59(51)70/h1-41H. The van der Waals surface area contributed by atoms with E-state index in [-0.39, 0.29) is 5.41 Å². The SMILES string of the molecule is c1ccc(-c2ccc(-c3nc(-c4ccc5c(c4)sc4ccccc45)nc(-c4cccc5oc6ccc(-c7ccc(-c8ccc9c(c8)-c8ccccc8C98c9ccccc9-c9ccccc98)cc7)cc6c45)n3)cc2)cc1. The summed E-state index contributed by atoms with van der Waals surface area (Å²) in [4.78, 5) is 15.8. The van der Waals surface area contributed by atoms with Crippen molar-refractivity contribution in [2.75, 3.05) is 0 Å². The van der Waals surface area contributed by atoms with Crippen molar-refractivity contribution < 1.29 is 4.42 Å². The van der Waals surface area contributed by atoms with E-state index in [0.29, 0.717) is 17.5 Å². The second-order valence-electron chi connectivity index (χ2n) is 19.8. The van der Waals surface area contributed by atoms with Gasteiger partial charge in [0.15, 0.2) is 17.5 Å². The molecular formula is C70H41N3OS. The van der Waals surface area contributed by atoms with E-state index in [2.05, 4.69) is 231 Å². The Kier molecular flexibility index (Phi) is 9.09. The second kappa shape index (κ2) is 16.2. The van der Waals surface area contributed by atoms with Gasteiger partial charge in [0.25, 0.3) is 0 Å². The molecule has 3 aromatic heterocycles. The van der Waals surface area contributed by atoms with Crippen LogP contribution in [0.3, 0.4) is 0 Å². The van der Waals surface area contributed by atoms with Crippen molar-refractivity contribution in [1.82, 2.24) is 15.0 Å². The summed E-state index contributed by atoms with van der Waals surface area (Å²) in [5, 5.41) is 4.47. The van der Waals surface area contributed by atoms with Crippen LogP contribution in [0.25, 0.3) is 132 Å². The molecule has 1 spiro atoms. The van der Waals surface area contributed by atoms with Gasteiger partial charge in [0, 0.05) is 47.6 Å². The average molecular weight is 972 g/mol. The molecule has 0 N–H and O–H groups in total. The topological polar surface area (TPSA) is 51.8 Å². The molecule has 16 rings (SSSR count). The van der Waals surface area contributed by atoms with E-state index in [9.17, 15) is 0 Å². The molecule has 0 bridgehead atoms. The summed E-state index contributed by atoms with van der Waals surface area (Å²) in [5.74, 6) is 1.82. The first-order chi connectivity index (χ1) is 37.1. The highest BCUT2D eigenvalue weighted by molar-refractivity contribution is 7.25. The minimum Gasteiger partial charge on any atom is -0.456 e. The van der Waals surface area contributed by atoms with Gasteiger partial charge in [0.05, 0.1) is 5.41 Å². The van der Waals surface area contributed by atoms with Crippen LogP contribution in [0.4, 0.5) is 0 Å². The molecule has 0 unspecified atom stereocenters. The molecule has 0 fully saturated rings. The lowest BCUT2D eigenvalue weighted by Crippen LogP contribution is -2.25. The molecule has 0 saturated heterocycles. The maximum absolute atomic E-state index is 6.61. The lowest BCUT2D eigenvalue weighted by Gasteiger charge is -2.30. The summed E-state index contributed by atoms with van der Waals surface area (Å²) in [5.41, 5.74) is 21.5. The van der Waals surface area contributed by atoms with Crippen molar-refractivity contribution in [3.8, 4) is 89.8 Å². The number of rotatable bonds is 6. The Hall–Kier alpha value is -9.55. The maximum atomic E-state index is 6.61. The molecule has 0 amide bonds. The Bertz CT molecular complexity index is 4600. The molecule has 0 aliphatic heterocycles. The number of aromatic nitrogens is 3. The van der Waals surface area contributed by atoms with Gasteiger partial charge >= 0.3 is 0 Å². The maximum Gasteiger partial charge on any atom is 0.164 e. The van der Waals surface area contributed by atoms with Gasteiger partial charge < -0.3 is 4.42 Å². The Morgan fingerprint density at radius 2 is 0.773 bits per heavy atom. The molecule has 75 heavy (non-hydrogen) atoms. The summed E-state index contributed by atoms with van der Waals surface area (Å²) in [6.07, 6.45) is 0. The first-order valence-corrected chi connectivity index (χ1v) is 26.3. The van der Waals surface area contributed by atoms with Gasteiger partial charge in [-0.1, -0.05) is 212 Å². The van der Waals surface area contributed by atoms with Gasteiger partial charge in [0.1, 0.15) is 11.2 Å². The van der Waals surface area contributed by atoms with Gasteiger partial charge in [-0.15, -0.1) is 11.3 Å². The van der Waals surface area contributed by atoms with Crippen molar-refractivity contribution >= 4 is 53.4 Å². The van der Waals surface area contributed by atoms with E-state index in [1.165, 1.54) is 75.8 Å². The molecular weight excluding hydrogens is 931 g/mol. The zero-order valence-corrected chi connectivity index (χ0v) is 41.1. The van der Waals surface area contributed by atoms with E-state index in [0.717, 1.165) is 60.9 Å². The van der Waals surface area contributed by atoms with Crippen LogP contribution in [0.2, 0.25) is 0 Å². The molecule has 2 aliphatic rings. The highest BCUT2D eigenvalue weighted by Gasteiger charge is 2.51. The van der Waals surface area contributed by atoms with Crippen LogP contribution < -0.4 is 0 Å². The average Bonchev–Trinajstić information content (AvgIpc) is 4.39. The summed E-state index contributed by atoms with van der Waals surface area (Å²) in [7, 11) is 0. The summed E-state index contributed by atoms with van der Waals surface area (Å²) in [6, 6.07) is 89.8. The zero-order chi connectivity index (χ0) is 49.2. The molecule has 348 valence electrons. The monoisotopic (exact) mass is 971 g/mol. The van der Waals surface area contributed by atoms with Gasteiger partial charge in [-0.05, 0) is 114 Å². The third-order valence-electron chi connectivity index (χ3n) is 15.8. The second-order valence-corrected chi connectivity index (χ2v) is 20.9. The van der Waals surface area contributed by atoms with Crippen LogP contribution in [0.5, 0.6) is 0 Å². The van der Waals surface area contributed by atoms with Gasteiger partial charge in [-0.2, -0.15) is 0 Å². The lowest BCUT2D eigenvalue weighted by molar-refractivity contribution is 0.669. The van der Waals surface area contributed by atoms with Gasteiger partial charge in [-0.25, -0.2) is 15.0 Å². The minimum absolute atomic E-state index is 0.352. The molecule has 14 aromatic rings. The van der Waals surface area contributed by atoms with Crippen molar-refractivity contribution in [3.63, 3.8) is 0 Å². The Labute approximate surface area is 436 Å². The number of fused-ring (bicyclic) bond motifs is 16. The van der Waals surface area contributed by atoms with Crippen LogP contribution in [0.15, 0.2) is 253 Å². The number of furan rings is 1. The van der Waals surface area contributed by atoms with Crippen LogP contribution in [-0.2, 0) is 5.41 Å². The highest BCUT2D eigenvalue weighted by atomic mass is 32.1. The fraction of sp³-hybridized carbons (Fsp3) is 0.0143. The van der Waals surface area contributed by atoms with E-state index in [1.54, 1.807) is 11.3 Å². The van der Waals surface area contributed by atoms with E-state index in [4.69, 9.17) is 19.4 Å². The van der Waals surface area contributed by atoms with E-state index >= 15 is 0 Å². The summed E-state index contributed by atoms with van der Waals surface area (Å²) >= 11 is 1.79. The fourth-order valence-electron chi connectivity index (χ4n) is 12.4. The molecule has 4 nitrogen and oxygen atoms in total. The smallest absolute Gasteiger partial charge is 0.164 e. The molecule has 0 saturated carbocycles. The largest absolute Gasteiger partial charge is 0.456 e. The number of benzene rings is 11. The summed E-state index contributed by atoms with van der Waals surface area (Å²) < 4.78 is 9.07. The first kappa shape index (κ1) is 42.0. The van der Waals surface area contributed by atoms with Crippen molar-refractivity contribution in [2.45, 2.75) is 5.41 Å². The molecule has 5 heteroatoms. The molecule has 2 aliphatic carbocycles. The predicted molar refractivity (Wildman–Crippen MR) is 309 cm³/mol. The minimum atomic E-state index is -0.352. The van der Waals surface area contributed by atoms with E-state index < -0.39 is 0 Å². The predicted octanol–water partition coefficient (Wildman–Crippen LogP) is 18.5. The highest BCUT2D eigenvalue weighted by Crippen LogP contribution is 2.63. The first-order valence-electron chi connectivity index (χ1n) is 25.5. The number of nitrogens with zero attached hydrogens (tertiary/aromatic N) is 3. The fourth-order valence-corrected chi connectivity index (χ4v) is 13.5. The molecule has 0 radical (unpaired) electrons. The van der Waals surface area contributed by atoms with Crippen molar-refractivity contribution in [3.05, 3.63) is 271 Å². The van der Waals surface area contributed by atoms with Crippen LogP contribution in [0.1, 0.15) is 22.3 Å². The Morgan fingerprint density at radius 1 is 0.280 bits per heavy atom. The van der Waals surface area contributed by atoms with Crippen molar-refractivity contribution in [2.24, 2.45) is 0 Å². The van der Waals surface area contributed by atoms with Crippen LogP contribution in [-0.4, -0.2) is 15.0 Å². The number of hydrogen-bond acceptors (Lipinski definition) is 5. The van der Waals surface area contributed by atoms with E-state index in [1.807, 2.05) is 18.2 Å². The molecule has 0 atom stereocenters. The quantitative estimate of drug-likeness (QED) is 0.167. The Balaban J connectivity index is 0.788. The van der Waals surface area contributed by atoms with Gasteiger partial charge in [-0.3, -0.25) is 0 Å². The third kappa shape index (κ3) is 6.32.